The van der Waals surface area contributed by atoms with Crippen molar-refractivity contribution in [1.29, 1.82) is 0 Å². The van der Waals surface area contributed by atoms with E-state index in [-0.39, 0.29) is 16.1 Å². The minimum Gasteiger partial charge on any atom is -0.298 e. The number of ketones is 1. The van der Waals surface area contributed by atoms with E-state index < -0.39 is 0 Å². The van der Waals surface area contributed by atoms with Crippen molar-refractivity contribution in [2.75, 3.05) is 6.54 Å². The van der Waals surface area contributed by atoms with Crippen molar-refractivity contribution < 1.29 is 4.79 Å². The molecule has 0 aromatic carbocycles. The van der Waals surface area contributed by atoms with E-state index in [1.165, 1.54) is 10.8 Å². The first-order chi connectivity index (χ1) is 5.69. The fourth-order valence-electron chi connectivity index (χ4n) is 0.591. The summed E-state index contributed by atoms with van der Waals surface area (Å²) in [6, 6.07) is 0. The van der Waals surface area contributed by atoms with Crippen LogP contribution in [0.3, 0.4) is 0 Å². The fraction of sp³-hybridized carbons (Fsp3) is 0.889. The number of carbonyl (C=O) groups is 1. The lowest BCUT2D eigenvalue weighted by Gasteiger charge is -2.25. The summed E-state index contributed by atoms with van der Waals surface area (Å²) in [6.07, 6.45) is 0. The van der Waals surface area contributed by atoms with Crippen LogP contribution in [-0.4, -0.2) is 17.2 Å². The Hall–Kier alpha value is 0.330. The van der Waals surface area contributed by atoms with E-state index in [1.54, 1.807) is 0 Å². The predicted octanol–water partition coefficient (Wildman–Crippen LogP) is 2.51. The molecule has 13 heavy (non-hydrogen) atoms. The van der Waals surface area contributed by atoms with Gasteiger partial charge in [0.25, 0.3) is 0 Å². The van der Waals surface area contributed by atoms with Gasteiger partial charge in [0, 0.05) is 5.41 Å². The molecule has 1 N–H and O–H groups in total. The molecule has 0 bridgehead atoms. The highest BCUT2D eigenvalue weighted by molar-refractivity contribution is 8.69. The molecule has 0 rings (SSSR count). The van der Waals surface area contributed by atoms with Gasteiger partial charge < -0.3 is 0 Å². The molecule has 0 atom stereocenters. The molecule has 0 spiro atoms. The first kappa shape index (κ1) is 13.3. The normalized spacial score (nSPS) is 13.1. The van der Waals surface area contributed by atoms with E-state index in [2.05, 4.69) is 17.0 Å². The summed E-state index contributed by atoms with van der Waals surface area (Å²) in [6.45, 7) is 10.2. The monoisotopic (exact) mass is 221 g/mol. The number of hydrogen-bond acceptors (Lipinski definition) is 4. The molecule has 2 nitrogen and oxygen atoms in total. The van der Waals surface area contributed by atoms with Gasteiger partial charge in [0.1, 0.15) is 0 Å². The largest absolute Gasteiger partial charge is 0.298 e. The van der Waals surface area contributed by atoms with E-state index in [4.69, 9.17) is 0 Å². The van der Waals surface area contributed by atoms with Gasteiger partial charge in [0.05, 0.1) is 11.4 Å². The molecular formula is C9H19NOS2. The van der Waals surface area contributed by atoms with Crippen LogP contribution in [0.25, 0.3) is 0 Å². The summed E-state index contributed by atoms with van der Waals surface area (Å²) < 4.78 is 0. The topological polar surface area (TPSA) is 29.1 Å². The minimum absolute atomic E-state index is 0.149. The van der Waals surface area contributed by atoms with Gasteiger partial charge in [-0.2, -0.15) is 0 Å². The minimum atomic E-state index is -0.260. The van der Waals surface area contributed by atoms with Gasteiger partial charge in [-0.15, -0.1) is 11.7 Å². The molecule has 0 aliphatic rings. The van der Waals surface area contributed by atoms with Crippen molar-refractivity contribution in [3.63, 3.8) is 0 Å². The fourth-order valence-corrected chi connectivity index (χ4v) is 0.921. The zero-order chi connectivity index (χ0) is 10.7. The van der Waals surface area contributed by atoms with Gasteiger partial charge in [-0.1, -0.05) is 31.6 Å². The van der Waals surface area contributed by atoms with Crippen molar-refractivity contribution in [3.8, 4) is 0 Å². The average molecular weight is 221 g/mol. The Morgan fingerprint density at radius 2 is 1.77 bits per heavy atom. The molecule has 0 aliphatic heterocycles. The van der Waals surface area contributed by atoms with Crippen LogP contribution in [-0.2, 0) is 4.79 Å². The number of carbonyl (C=O) groups excluding carboxylic acids is 1. The number of hydrogen-bond donors (Lipinski definition) is 2. The molecule has 0 heterocycles. The van der Waals surface area contributed by atoms with Crippen molar-refractivity contribution in [3.05, 3.63) is 0 Å². The van der Waals surface area contributed by atoms with E-state index >= 15 is 0 Å². The van der Waals surface area contributed by atoms with Crippen LogP contribution in [0.15, 0.2) is 0 Å². The molecule has 0 aliphatic carbocycles. The molecule has 0 saturated carbocycles. The number of thiol groups is 1. The quantitative estimate of drug-likeness (QED) is 0.434. The smallest absolute Gasteiger partial charge is 0.151 e. The molecule has 0 aromatic heterocycles. The zero-order valence-electron chi connectivity index (χ0n) is 8.97. The SMILES string of the molecule is CC(C)(NCC(=O)C(C)(C)C)SS. The Labute approximate surface area is 90.0 Å². The van der Waals surface area contributed by atoms with Crippen LogP contribution < -0.4 is 5.32 Å². The molecule has 0 radical (unpaired) electrons. The molecule has 0 amide bonds. The Morgan fingerprint density at radius 3 is 2.08 bits per heavy atom. The van der Waals surface area contributed by atoms with E-state index in [0.29, 0.717) is 6.54 Å². The maximum atomic E-state index is 11.5. The van der Waals surface area contributed by atoms with E-state index in [1.807, 2.05) is 34.6 Å². The number of Topliss-reactive ketones (excluding diaryl/α,β-unsaturated/α-hetero) is 1. The third-order valence-electron chi connectivity index (χ3n) is 1.74. The highest BCUT2D eigenvalue weighted by atomic mass is 33.1. The van der Waals surface area contributed by atoms with Crippen molar-refractivity contribution in [2.24, 2.45) is 5.41 Å². The van der Waals surface area contributed by atoms with Gasteiger partial charge in [-0.3, -0.25) is 10.1 Å². The molecule has 0 fully saturated rings. The maximum absolute atomic E-state index is 11.5. The van der Waals surface area contributed by atoms with Crippen molar-refractivity contribution >= 4 is 28.2 Å². The van der Waals surface area contributed by atoms with Crippen LogP contribution in [0.4, 0.5) is 0 Å². The van der Waals surface area contributed by atoms with Gasteiger partial charge in [0.15, 0.2) is 5.78 Å². The highest BCUT2D eigenvalue weighted by Crippen LogP contribution is 2.24. The van der Waals surface area contributed by atoms with Crippen LogP contribution in [0.2, 0.25) is 0 Å². The molecule has 0 unspecified atom stereocenters. The third kappa shape index (κ3) is 5.60. The summed E-state index contributed by atoms with van der Waals surface area (Å²) in [5.41, 5.74) is -0.260. The lowest BCUT2D eigenvalue weighted by Crippen LogP contribution is -2.41. The first-order valence-electron chi connectivity index (χ1n) is 4.30. The van der Waals surface area contributed by atoms with Gasteiger partial charge in [-0.25, -0.2) is 0 Å². The Morgan fingerprint density at radius 1 is 1.31 bits per heavy atom. The third-order valence-corrected chi connectivity index (χ3v) is 3.71. The highest BCUT2D eigenvalue weighted by Gasteiger charge is 2.24. The second kappa shape index (κ2) is 4.71. The summed E-state index contributed by atoms with van der Waals surface area (Å²) in [5, 5.41) is 3.15. The van der Waals surface area contributed by atoms with Crippen LogP contribution >= 0.6 is 22.5 Å². The second-order valence-corrected chi connectivity index (χ2v) is 6.38. The lowest BCUT2D eigenvalue weighted by molar-refractivity contribution is -0.125. The number of nitrogens with one attached hydrogen (secondary N) is 1. The van der Waals surface area contributed by atoms with Gasteiger partial charge in [0.2, 0.25) is 0 Å². The standard InChI is InChI=1S/C9H19NOS2/c1-8(2,3)7(11)6-10-9(4,5)13-12/h10,12H,6H2,1-5H3. The summed E-state index contributed by atoms with van der Waals surface area (Å²) >= 11 is 4.12. The molecule has 78 valence electrons. The van der Waals surface area contributed by atoms with E-state index in [0.717, 1.165) is 0 Å². The van der Waals surface area contributed by atoms with Crippen LogP contribution in [0, 0.1) is 5.41 Å². The average Bonchev–Trinajstić information content (AvgIpc) is 1.98. The predicted molar refractivity (Wildman–Crippen MR) is 63.1 cm³/mol. The van der Waals surface area contributed by atoms with Crippen LogP contribution in [0.5, 0.6) is 0 Å². The molecule has 4 heteroatoms. The second-order valence-electron chi connectivity index (χ2n) is 4.63. The summed E-state index contributed by atoms with van der Waals surface area (Å²) in [4.78, 5) is 11.4. The zero-order valence-corrected chi connectivity index (χ0v) is 10.7. The lowest BCUT2D eigenvalue weighted by atomic mass is 9.91. The van der Waals surface area contributed by atoms with Crippen molar-refractivity contribution in [1.82, 2.24) is 5.32 Å². The summed E-state index contributed by atoms with van der Waals surface area (Å²) in [7, 11) is 1.41. The molecule has 0 aromatic rings. The maximum Gasteiger partial charge on any atom is 0.151 e. The van der Waals surface area contributed by atoms with Gasteiger partial charge in [-0.05, 0) is 13.8 Å². The Balaban J connectivity index is 3.98. The van der Waals surface area contributed by atoms with E-state index in [9.17, 15) is 4.79 Å². The molecular weight excluding hydrogens is 202 g/mol. The molecule has 0 saturated heterocycles. The van der Waals surface area contributed by atoms with Gasteiger partial charge >= 0.3 is 0 Å². The number of rotatable bonds is 4. The Bertz CT molecular complexity index is 185. The first-order valence-corrected chi connectivity index (χ1v) is 6.17. The van der Waals surface area contributed by atoms with Crippen LogP contribution in [0.1, 0.15) is 34.6 Å². The Kier molecular flexibility index (Phi) is 4.83. The summed E-state index contributed by atoms with van der Waals surface area (Å²) in [5.74, 6) is 0.225. The van der Waals surface area contributed by atoms with Crippen molar-refractivity contribution in [2.45, 2.75) is 39.5 Å².